The summed E-state index contributed by atoms with van der Waals surface area (Å²) in [5.41, 5.74) is 6.27. The van der Waals surface area contributed by atoms with Gasteiger partial charge < -0.3 is 15.8 Å². The van der Waals surface area contributed by atoms with Gasteiger partial charge in [0.25, 0.3) is 10.0 Å². The summed E-state index contributed by atoms with van der Waals surface area (Å²) in [7, 11) is -4.07. The van der Waals surface area contributed by atoms with E-state index in [1.807, 2.05) is 0 Å². The number of nitrogens with two attached hydrogens (primary N) is 1. The van der Waals surface area contributed by atoms with E-state index >= 15 is 0 Å². The van der Waals surface area contributed by atoms with Crippen LogP contribution < -0.4 is 20.1 Å². The number of carbonyl (C=O) groups excluding carboxylic acids is 1. The summed E-state index contributed by atoms with van der Waals surface area (Å²) in [6.07, 6.45) is -2.15. The van der Waals surface area contributed by atoms with Gasteiger partial charge in [-0.2, -0.15) is 0 Å². The lowest BCUT2D eigenvalue weighted by Crippen LogP contribution is -2.48. The van der Waals surface area contributed by atoms with Gasteiger partial charge in [0.15, 0.2) is 0 Å². The molecule has 11 heteroatoms. The molecule has 144 valence electrons. The van der Waals surface area contributed by atoms with E-state index in [9.17, 15) is 22.1 Å². The molecule has 1 aliphatic rings. The van der Waals surface area contributed by atoms with Gasteiger partial charge in [0.05, 0.1) is 23.7 Å². The number of carbonyl (C=O) groups is 1. The number of nitrogens with one attached hydrogen (secondary N) is 1. The predicted molar refractivity (Wildman–Crippen MR) is 91.8 cm³/mol. The van der Waals surface area contributed by atoms with Gasteiger partial charge in [-0.25, -0.2) is 22.5 Å². The molecule has 0 aromatic heterocycles. The van der Waals surface area contributed by atoms with E-state index in [0.29, 0.717) is 5.69 Å². The van der Waals surface area contributed by atoms with Crippen LogP contribution in [0.1, 0.15) is 0 Å². The van der Waals surface area contributed by atoms with Crippen LogP contribution in [-0.4, -0.2) is 33.7 Å². The van der Waals surface area contributed by atoms with Crippen molar-refractivity contribution in [2.45, 2.75) is 11.0 Å². The van der Waals surface area contributed by atoms with Crippen LogP contribution in [0.4, 0.5) is 25.1 Å². The van der Waals surface area contributed by atoms with Gasteiger partial charge in [0.2, 0.25) is 0 Å². The maximum atomic E-state index is 13.2. The van der Waals surface area contributed by atoms with Crippen molar-refractivity contribution in [1.29, 1.82) is 0 Å². The van der Waals surface area contributed by atoms with E-state index < -0.39 is 28.0 Å². The monoisotopic (exact) mass is 399 g/mol. The van der Waals surface area contributed by atoms with Gasteiger partial charge in [-0.15, -0.1) is 0 Å². The summed E-state index contributed by atoms with van der Waals surface area (Å²) in [5, 5.41) is 2.11. The smallest absolute Gasteiger partial charge is 0.444 e. The number of halogens is 2. The zero-order valence-electron chi connectivity index (χ0n) is 13.8. The highest BCUT2D eigenvalue weighted by Gasteiger charge is 2.35. The number of sulfonamides is 1. The lowest BCUT2D eigenvalue weighted by atomic mass is 10.2. The fourth-order valence-electron chi connectivity index (χ4n) is 2.62. The second kappa shape index (κ2) is 7.27. The number of nitrogens with zero attached hydrogens (tertiary/aromatic N) is 1. The molecule has 27 heavy (non-hydrogen) atoms. The Bertz CT molecular complexity index is 953. The molecule has 2 aromatic rings. The van der Waals surface area contributed by atoms with Gasteiger partial charge in [-0.05, 0) is 42.5 Å². The molecule has 0 saturated heterocycles. The van der Waals surface area contributed by atoms with Crippen LogP contribution in [0.2, 0.25) is 0 Å². The predicted octanol–water partition coefficient (Wildman–Crippen LogP) is 1.97. The third-order valence-corrected chi connectivity index (χ3v) is 5.65. The summed E-state index contributed by atoms with van der Waals surface area (Å²) in [5.74, 6) is -0.367. The Hall–Kier alpha value is -3.08. The van der Waals surface area contributed by atoms with Gasteiger partial charge in [0.1, 0.15) is 17.7 Å². The molecule has 1 aliphatic heterocycles. The van der Waals surface area contributed by atoms with Crippen molar-refractivity contribution in [1.82, 2.24) is 5.32 Å². The highest BCUT2D eigenvalue weighted by molar-refractivity contribution is 7.92. The molecule has 0 bridgehead atoms. The lowest BCUT2D eigenvalue weighted by Gasteiger charge is -2.35. The molecule has 0 fully saturated rings. The normalized spacial score (nSPS) is 16.2. The highest BCUT2D eigenvalue weighted by Crippen LogP contribution is 2.38. The third kappa shape index (κ3) is 3.87. The average Bonchev–Trinajstić information content (AvgIpc) is 2.65. The number of rotatable bonds is 4. The molecule has 0 radical (unpaired) electrons. The van der Waals surface area contributed by atoms with Crippen molar-refractivity contribution in [3.05, 3.63) is 48.3 Å². The number of amides is 1. The van der Waals surface area contributed by atoms with Crippen molar-refractivity contribution >= 4 is 27.5 Å². The SMILES string of the molecule is Nc1ccc2c(c1)N(S(=O)(=O)c1ccc(F)cc1)CC(CNC(=O)OF)O2. The first-order valence-corrected chi connectivity index (χ1v) is 9.16. The molecule has 1 atom stereocenters. The first-order valence-electron chi connectivity index (χ1n) is 7.72. The molecule has 3 rings (SSSR count). The number of nitrogen functional groups attached to an aromatic ring is 1. The maximum absolute atomic E-state index is 13.2. The Labute approximate surface area is 153 Å². The Morgan fingerprint density at radius 1 is 1.30 bits per heavy atom. The van der Waals surface area contributed by atoms with Gasteiger partial charge in [-0.1, -0.05) is 0 Å². The van der Waals surface area contributed by atoms with Crippen molar-refractivity contribution < 1.29 is 31.8 Å². The molecule has 8 nitrogen and oxygen atoms in total. The molecular formula is C16H15F2N3O5S. The number of benzene rings is 2. The number of anilines is 2. The molecule has 0 aliphatic carbocycles. The number of hydrogen-bond acceptors (Lipinski definition) is 6. The van der Waals surface area contributed by atoms with Crippen LogP contribution in [0.3, 0.4) is 0 Å². The van der Waals surface area contributed by atoms with Crippen LogP contribution in [-0.2, 0) is 15.0 Å². The minimum Gasteiger partial charge on any atom is -0.484 e. The molecule has 1 amide bonds. The summed E-state index contributed by atoms with van der Waals surface area (Å²) in [6, 6.07) is 8.77. The van der Waals surface area contributed by atoms with Crippen LogP contribution in [0.5, 0.6) is 5.75 Å². The second-order valence-electron chi connectivity index (χ2n) is 5.70. The molecule has 0 spiro atoms. The zero-order chi connectivity index (χ0) is 19.6. The average molecular weight is 399 g/mol. The molecule has 1 unspecified atom stereocenters. The van der Waals surface area contributed by atoms with Gasteiger partial charge >= 0.3 is 6.09 Å². The van der Waals surface area contributed by atoms with E-state index in [1.165, 1.54) is 18.2 Å². The minimum absolute atomic E-state index is 0.131. The van der Waals surface area contributed by atoms with Crippen molar-refractivity contribution in [3.63, 3.8) is 0 Å². The summed E-state index contributed by atoms with van der Waals surface area (Å²) in [6.45, 7) is -0.398. The number of ether oxygens (including phenoxy) is 1. The summed E-state index contributed by atoms with van der Waals surface area (Å²) >= 11 is 0. The standard InChI is InChI=1S/C16H15F2N3O5S/c17-10-1-4-13(5-2-10)27(23,24)21-9-12(8-20-16(22)26-18)25-15-6-3-11(19)7-14(15)21/h1-7,12H,8-9,19H2,(H,20,22). The van der Waals surface area contributed by atoms with Crippen molar-refractivity contribution in [2.24, 2.45) is 0 Å². The van der Waals surface area contributed by atoms with E-state index in [1.54, 1.807) is 0 Å². The first kappa shape index (κ1) is 18.7. The Morgan fingerprint density at radius 3 is 2.67 bits per heavy atom. The third-order valence-electron chi connectivity index (χ3n) is 3.86. The second-order valence-corrected chi connectivity index (χ2v) is 7.56. The largest absolute Gasteiger partial charge is 0.484 e. The van der Waals surface area contributed by atoms with Crippen LogP contribution in [0.25, 0.3) is 0 Å². The van der Waals surface area contributed by atoms with Gasteiger partial charge in [-0.3, -0.25) is 4.31 Å². The summed E-state index contributed by atoms with van der Waals surface area (Å²) in [4.78, 5) is 13.8. The Kier molecular flexibility index (Phi) is 5.04. The molecule has 0 saturated carbocycles. The molecule has 3 N–H and O–H groups in total. The van der Waals surface area contributed by atoms with Crippen molar-refractivity contribution in [3.8, 4) is 5.75 Å². The van der Waals surface area contributed by atoms with E-state index in [-0.39, 0.29) is 29.4 Å². The number of fused-ring (bicyclic) bond motifs is 1. The maximum Gasteiger partial charge on any atom is 0.444 e. The lowest BCUT2D eigenvalue weighted by molar-refractivity contribution is -0.0630. The topological polar surface area (TPSA) is 111 Å². The minimum atomic E-state index is -4.07. The zero-order valence-corrected chi connectivity index (χ0v) is 14.6. The van der Waals surface area contributed by atoms with E-state index in [4.69, 9.17) is 10.5 Å². The Morgan fingerprint density at radius 2 is 2.00 bits per heavy atom. The first-order chi connectivity index (χ1) is 12.8. The Balaban J connectivity index is 1.97. The van der Waals surface area contributed by atoms with Crippen LogP contribution >= 0.6 is 0 Å². The van der Waals surface area contributed by atoms with E-state index in [2.05, 4.69) is 10.3 Å². The molecule has 2 aromatic carbocycles. The van der Waals surface area contributed by atoms with E-state index in [0.717, 1.165) is 28.6 Å². The molecule has 1 heterocycles. The molecular weight excluding hydrogens is 384 g/mol. The fourth-order valence-corrected chi connectivity index (χ4v) is 4.12. The summed E-state index contributed by atoms with van der Waals surface area (Å²) < 4.78 is 57.8. The highest BCUT2D eigenvalue weighted by atomic mass is 32.2. The number of hydrogen-bond donors (Lipinski definition) is 2. The quantitative estimate of drug-likeness (QED) is 0.761. The fraction of sp³-hybridized carbons (Fsp3) is 0.188. The van der Waals surface area contributed by atoms with Crippen LogP contribution in [0.15, 0.2) is 47.4 Å². The van der Waals surface area contributed by atoms with Crippen molar-refractivity contribution in [2.75, 3.05) is 23.1 Å². The van der Waals surface area contributed by atoms with Gasteiger partial charge in [0, 0.05) is 10.2 Å². The van der Waals surface area contributed by atoms with Crippen LogP contribution in [0, 0.1) is 5.82 Å².